The van der Waals surface area contributed by atoms with Crippen molar-refractivity contribution in [1.82, 2.24) is 14.3 Å². The summed E-state index contributed by atoms with van der Waals surface area (Å²) < 4.78 is 4.58. The zero-order chi connectivity index (χ0) is 12.3. The Balaban J connectivity index is 1.83. The molecule has 0 spiro atoms. The lowest BCUT2D eigenvalue weighted by molar-refractivity contribution is 0.601. The number of aromatic nitrogens is 3. The van der Waals surface area contributed by atoms with Crippen molar-refractivity contribution in [3.63, 3.8) is 0 Å². The molecule has 2 aromatic rings. The maximum Gasteiger partial charge on any atom is 0.159 e. The van der Waals surface area contributed by atoms with E-state index in [0.29, 0.717) is 6.04 Å². The molecule has 0 radical (unpaired) electrons. The Morgan fingerprint density at radius 1 is 1.06 bits per heavy atom. The molecule has 2 heterocycles. The molecule has 94 valence electrons. The van der Waals surface area contributed by atoms with Crippen LogP contribution in [0.4, 0.5) is 0 Å². The lowest BCUT2D eigenvalue weighted by Gasteiger charge is -2.05. The monoisotopic (exact) mass is 241 g/mol. The molecule has 0 N–H and O–H groups in total. The molecule has 2 aliphatic rings. The molecule has 18 heavy (non-hydrogen) atoms. The van der Waals surface area contributed by atoms with E-state index in [4.69, 9.17) is 5.10 Å². The van der Waals surface area contributed by atoms with E-state index in [1.807, 2.05) is 0 Å². The highest BCUT2D eigenvalue weighted by Gasteiger charge is 2.34. The van der Waals surface area contributed by atoms with Gasteiger partial charge in [-0.25, -0.2) is 0 Å². The van der Waals surface area contributed by atoms with Gasteiger partial charge in [0.25, 0.3) is 0 Å². The molecule has 4 rings (SSSR count). The normalized spacial score (nSPS) is 19.4. The average Bonchev–Trinajstić information content (AvgIpc) is 3.26. The van der Waals surface area contributed by atoms with E-state index in [9.17, 15) is 0 Å². The summed E-state index contributed by atoms with van der Waals surface area (Å²) in [5, 5.41) is 4.88. The fraction of sp³-hybridized carbons (Fsp3) is 0.533. The SMILES string of the molecule is Cc1ccc(C)n1-c1cc(C2CC2)n(C2CC2)n1. The molecule has 0 aromatic carbocycles. The third kappa shape index (κ3) is 1.53. The van der Waals surface area contributed by atoms with Gasteiger partial charge in [0.15, 0.2) is 5.82 Å². The van der Waals surface area contributed by atoms with Crippen molar-refractivity contribution in [2.45, 2.75) is 51.5 Å². The summed E-state index contributed by atoms with van der Waals surface area (Å²) >= 11 is 0. The summed E-state index contributed by atoms with van der Waals surface area (Å²) in [7, 11) is 0. The standard InChI is InChI=1S/C15H19N3/c1-10-3-4-11(2)17(10)15-9-14(12-5-6-12)18(16-15)13-7-8-13/h3-4,9,12-13H,5-8H2,1-2H3. The third-order valence-electron chi connectivity index (χ3n) is 4.14. The maximum atomic E-state index is 4.88. The Morgan fingerprint density at radius 3 is 2.28 bits per heavy atom. The first-order valence-corrected chi connectivity index (χ1v) is 6.99. The van der Waals surface area contributed by atoms with Gasteiger partial charge >= 0.3 is 0 Å². The first-order valence-electron chi connectivity index (χ1n) is 6.99. The van der Waals surface area contributed by atoms with Crippen LogP contribution in [0.2, 0.25) is 0 Å². The number of aryl methyl sites for hydroxylation is 2. The van der Waals surface area contributed by atoms with Crippen molar-refractivity contribution >= 4 is 0 Å². The van der Waals surface area contributed by atoms with Crippen molar-refractivity contribution in [1.29, 1.82) is 0 Å². The molecule has 0 saturated heterocycles. The largest absolute Gasteiger partial charge is 0.302 e. The first-order chi connectivity index (χ1) is 8.74. The van der Waals surface area contributed by atoms with E-state index in [2.05, 4.69) is 41.3 Å². The second kappa shape index (κ2) is 3.50. The fourth-order valence-electron chi connectivity index (χ4n) is 2.83. The minimum atomic E-state index is 0.686. The van der Waals surface area contributed by atoms with E-state index >= 15 is 0 Å². The lowest BCUT2D eigenvalue weighted by atomic mass is 10.3. The van der Waals surface area contributed by atoms with Crippen molar-refractivity contribution in [3.8, 4) is 5.82 Å². The van der Waals surface area contributed by atoms with Gasteiger partial charge in [-0.1, -0.05) is 0 Å². The quantitative estimate of drug-likeness (QED) is 0.806. The molecule has 2 saturated carbocycles. The van der Waals surface area contributed by atoms with Crippen LogP contribution < -0.4 is 0 Å². The van der Waals surface area contributed by atoms with Gasteiger partial charge in [-0.15, -0.1) is 0 Å². The van der Waals surface area contributed by atoms with Crippen LogP contribution in [-0.4, -0.2) is 14.3 Å². The molecule has 0 amide bonds. The van der Waals surface area contributed by atoms with Gasteiger partial charge in [-0.2, -0.15) is 5.10 Å². The molecule has 0 bridgehead atoms. The summed E-state index contributed by atoms with van der Waals surface area (Å²) in [5.41, 5.74) is 4.02. The predicted octanol–water partition coefficient (Wildman–Crippen LogP) is 3.50. The second-order valence-electron chi connectivity index (χ2n) is 5.83. The summed E-state index contributed by atoms with van der Waals surface area (Å²) in [6.45, 7) is 4.31. The van der Waals surface area contributed by atoms with Crippen LogP contribution in [0.3, 0.4) is 0 Å². The minimum Gasteiger partial charge on any atom is -0.302 e. The molecular formula is C15H19N3. The van der Waals surface area contributed by atoms with Crippen molar-refractivity contribution < 1.29 is 0 Å². The fourth-order valence-corrected chi connectivity index (χ4v) is 2.83. The van der Waals surface area contributed by atoms with Crippen LogP contribution in [-0.2, 0) is 0 Å². The number of rotatable bonds is 3. The molecule has 2 aromatic heterocycles. The van der Waals surface area contributed by atoms with Gasteiger partial charge in [0.1, 0.15) is 0 Å². The molecule has 0 aliphatic heterocycles. The average molecular weight is 241 g/mol. The van der Waals surface area contributed by atoms with Gasteiger partial charge in [0.2, 0.25) is 0 Å². The number of hydrogen-bond acceptors (Lipinski definition) is 1. The molecule has 3 heteroatoms. The number of nitrogens with zero attached hydrogens (tertiary/aromatic N) is 3. The van der Waals surface area contributed by atoms with Gasteiger partial charge in [0, 0.05) is 29.1 Å². The third-order valence-corrected chi connectivity index (χ3v) is 4.14. The van der Waals surface area contributed by atoms with Gasteiger partial charge in [-0.3, -0.25) is 4.68 Å². The van der Waals surface area contributed by atoms with Crippen LogP contribution in [0.5, 0.6) is 0 Å². The minimum absolute atomic E-state index is 0.686. The topological polar surface area (TPSA) is 22.8 Å². The van der Waals surface area contributed by atoms with E-state index in [1.54, 1.807) is 0 Å². The summed E-state index contributed by atoms with van der Waals surface area (Å²) in [4.78, 5) is 0. The maximum absolute atomic E-state index is 4.88. The first kappa shape index (κ1) is 10.4. The van der Waals surface area contributed by atoms with Gasteiger partial charge in [0.05, 0.1) is 6.04 Å². The highest BCUT2D eigenvalue weighted by atomic mass is 15.4. The number of hydrogen-bond donors (Lipinski definition) is 0. The van der Waals surface area contributed by atoms with Crippen molar-refractivity contribution in [2.24, 2.45) is 0 Å². The Kier molecular flexibility index (Phi) is 2.02. The van der Waals surface area contributed by atoms with Gasteiger partial charge in [-0.05, 0) is 51.7 Å². The summed E-state index contributed by atoms with van der Waals surface area (Å²) in [6.07, 6.45) is 5.32. The van der Waals surface area contributed by atoms with Crippen LogP contribution in [0.1, 0.15) is 54.7 Å². The van der Waals surface area contributed by atoms with Crippen LogP contribution >= 0.6 is 0 Å². The highest BCUT2D eigenvalue weighted by Crippen LogP contribution is 2.45. The van der Waals surface area contributed by atoms with Crippen LogP contribution in [0.25, 0.3) is 5.82 Å². The van der Waals surface area contributed by atoms with Crippen LogP contribution in [0.15, 0.2) is 18.2 Å². The molecule has 3 nitrogen and oxygen atoms in total. The van der Waals surface area contributed by atoms with Crippen LogP contribution in [0, 0.1) is 13.8 Å². The summed E-state index contributed by atoms with van der Waals surface area (Å²) in [5.74, 6) is 1.90. The van der Waals surface area contributed by atoms with Crippen molar-refractivity contribution in [2.75, 3.05) is 0 Å². The van der Waals surface area contributed by atoms with Crippen molar-refractivity contribution in [3.05, 3.63) is 35.3 Å². The van der Waals surface area contributed by atoms with E-state index < -0.39 is 0 Å². The van der Waals surface area contributed by atoms with E-state index in [1.165, 1.54) is 42.8 Å². The Morgan fingerprint density at radius 2 is 1.72 bits per heavy atom. The zero-order valence-electron chi connectivity index (χ0n) is 11.1. The molecular weight excluding hydrogens is 222 g/mol. The molecule has 0 unspecified atom stereocenters. The predicted molar refractivity (Wildman–Crippen MR) is 71.3 cm³/mol. The molecule has 2 fully saturated rings. The Labute approximate surface area is 107 Å². The second-order valence-corrected chi connectivity index (χ2v) is 5.83. The molecule has 0 atom stereocenters. The Bertz CT molecular complexity index is 548. The summed E-state index contributed by atoms with van der Waals surface area (Å²) in [6, 6.07) is 7.34. The van der Waals surface area contributed by atoms with Gasteiger partial charge < -0.3 is 4.57 Å². The molecule has 2 aliphatic carbocycles. The van der Waals surface area contributed by atoms with E-state index in [0.717, 1.165) is 11.7 Å². The Hall–Kier alpha value is -1.51. The zero-order valence-corrected chi connectivity index (χ0v) is 11.1. The lowest BCUT2D eigenvalue weighted by Crippen LogP contribution is -2.03. The smallest absolute Gasteiger partial charge is 0.159 e. The van der Waals surface area contributed by atoms with E-state index in [-0.39, 0.29) is 0 Å². The highest BCUT2D eigenvalue weighted by molar-refractivity contribution is 5.35.